The lowest BCUT2D eigenvalue weighted by atomic mass is 9.75. The zero-order valence-corrected chi connectivity index (χ0v) is 11.4. The maximum absolute atomic E-state index is 11.9. The number of rotatable bonds is 4. The molecule has 0 bridgehead atoms. The van der Waals surface area contributed by atoms with Crippen molar-refractivity contribution in [3.8, 4) is 0 Å². The second kappa shape index (κ2) is 5.87. The summed E-state index contributed by atoms with van der Waals surface area (Å²) in [5, 5.41) is 6.83. The van der Waals surface area contributed by atoms with E-state index >= 15 is 0 Å². The lowest BCUT2D eigenvalue weighted by Gasteiger charge is -2.35. The van der Waals surface area contributed by atoms with Crippen LogP contribution in [-0.2, 0) is 0 Å². The van der Waals surface area contributed by atoms with Crippen LogP contribution in [0.15, 0.2) is 16.8 Å². The van der Waals surface area contributed by atoms with Gasteiger partial charge in [0.05, 0.1) is 0 Å². The van der Waals surface area contributed by atoms with Gasteiger partial charge in [-0.25, -0.2) is 0 Å². The monoisotopic (exact) mass is 271 g/mol. The minimum atomic E-state index is 0.0290. The summed E-state index contributed by atoms with van der Waals surface area (Å²) < 4.78 is 0. The van der Waals surface area contributed by atoms with Crippen LogP contribution in [0.4, 0.5) is 0 Å². The van der Waals surface area contributed by atoms with E-state index in [4.69, 9.17) is 11.6 Å². The van der Waals surface area contributed by atoms with Crippen molar-refractivity contribution in [2.24, 2.45) is 5.41 Å². The fraction of sp³-hybridized carbons (Fsp3) is 0.615. The zero-order valence-electron chi connectivity index (χ0n) is 9.88. The van der Waals surface area contributed by atoms with Crippen molar-refractivity contribution in [1.29, 1.82) is 0 Å². The molecule has 0 radical (unpaired) electrons. The molecular formula is C13H18ClNOS. The van der Waals surface area contributed by atoms with E-state index in [2.05, 4.69) is 5.32 Å². The minimum absolute atomic E-state index is 0.0290. The van der Waals surface area contributed by atoms with Crippen molar-refractivity contribution in [2.45, 2.75) is 32.1 Å². The van der Waals surface area contributed by atoms with E-state index in [1.807, 2.05) is 16.8 Å². The molecule has 1 fully saturated rings. The van der Waals surface area contributed by atoms with Crippen LogP contribution in [0.1, 0.15) is 42.5 Å². The van der Waals surface area contributed by atoms with Crippen molar-refractivity contribution >= 4 is 28.8 Å². The molecule has 0 unspecified atom stereocenters. The Morgan fingerprint density at radius 1 is 1.41 bits per heavy atom. The zero-order chi connectivity index (χ0) is 12.1. The van der Waals surface area contributed by atoms with Gasteiger partial charge in [0.15, 0.2) is 0 Å². The Morgan fingerprint density at radius 2 is 2.18 bits per heavy atom. The first-order chi connectivity index (χ1) is 8.26. The maximum Gasteiger partial charge on any atom is 0.252 e. The molecule has 17 heavy (non-hydrogen) atoms. The second-order valence-electron chi connectivity index (χ2n) is 4.89. The summed E-state index contributed by atoms with van der Waals surface area (Å²) in [7, 11) is 0. The summed E-state index contributed by atoms with van der Waals surface area (Å²) >= 11 is 7.64. The quantitative estimate of drug-likeness (QED) is 0.832. The highest BCUT2D eigenvalue weighted by atomic mass is 35.5. The molecule has 1 amide bonds. The van der Waals surface area contributed by atoms with Gasteiger partial charge in [-0.15, -0.1) is 11.6 Å². The third-order valence-electron chi connectivity index (χ3n) is 3.60. The molecule has 1 saturated carbocycles. The van der Waals surface area contributed by atoms with Crippen molar-refractivity contribution in [3.63, 3.8) is 0 Å². The summed E-state index contributed by atoms with van der Waals surface area (Å²) in [5.74, 6) is 0.679. The largest absolute Gasteiger partial charge is 0.351 e. The minimum Gasteiger partial charge on any atom is -0.351 e. The number of alkyl halides is 1. The summed E-state index contributed by atoms with van der Waals surface area (Å²) in [4.78, 5) is 11.9. The Balaban J connectivity index is 1.89. The van der Waals surface area contributed by atoms with Crippen LogP contribution in [0.3, 0.4) is 0 Å². The molecule has 1 N–H and O–H groups in total. The van der Waals surface area contributed by atoms with Crippen molar-refractivity contribution in [3.05, 3.63) is 22.4 Å². The van der Waals surface area contributed by atoms with Gasteiger partial charge in [-0.1, -0.05) is 19.3 Å². The lowest BCUT2D eigenvalue weighted by molar-refractivity contribution is 0.0921. The molecule has 1 aromatic heterocycles. The van der Waals surface area contributed by atoms with E-state index in [-0.39, 0.29) is 11.3 Å². The first kappa shape index (κ1) is 12.9. The van der Waals surface area contributed by atoms with Gasteiger partial charge in [0.2, 0.25) is 0 Å². The first-order valence-corrected chi connectivity index (χ1v) is 7.60. The maximum atomic E-state index is 11.9. The van der Waals surface area contributed by atoms with Crippen molar-refractivity contribution < 1.29 is 4.79 Å². The number of hydrogen-bond donors (Lipinski definition) is 1. The summed E-state index contributed by atoms with van der Waals surface area (Å²) in [5.41, 5.74) is 0.890. The van der Waals surface area contributed by atoms with Gasteiger partial charge in [0.1, 0.15) is 0 Å². The molecule has 0 aliphatic heterocycles. The van der Waals surface area contributed by atoms with E-state index in [0.29, 0.717) is 12.4 Å². The molecule has 1 heterocycles. The van der Waals surface area contributed by atoms with E-state index in [0.717, 1.165) is 18.4 Å². The molecule has 94 valence electrons. The predicted molar refractivity (Wildman–Crippen MR) is 72.9 cm³/mol. The van der Waals surface area contributed by atoms with Gasteiger partial charge in [-0.2, -0.15) is 11.3 Å². The average Bonchev–Trinajstić information content (AvgIpc) is 2.91. The smallest absolute Gasteiger partial charge is 0.252 e. The van der Waals surface area contributed by atoms with Gasteiger partial charge < -0.3 is 5.32 Å². The van der Waals surface area contributed by atoms with E-state index in [1.165, 1.54) is 19.3 Å². The van der Waals surface area contributed by atoms with Gasteiger partial charge in [-0.3, -0.25) is 4.79 Å². The topological polar surface area (TPSA) is 29.1 Å². The van der Waals surface area contributed by atoms with Crippen LogP contribution in [-0.4, -0.2) is 18.3 Å². The van der Waals surface area contributed by atoms with Crippen LogP contribution in [0.2, 0.25) is 0 Å². The second-order valence-corrected chi connectivity index (χ2v) is 5.94. The third-order valence-corrected chi connectivity index (χ3v) is 4.86. The highest BCUT2D eigenvalue weighted by Crippen LogP contribution is 2.36. The van der Waals surface area contributed by atoms with Crippen LogP contribution >= 0.6 is 22.9 Å². The van der Waals surface area contributed by atoms with Crippen molar-refractivity contribution in [1.82, 2.24) is 5.32 Å². The van der Waals surface area contributed by atoms with E-state index < -0.39 is 0 Å². The Kier molecular flexibility index (Phi) is 4.46. The molecule has 4 heteroatoms. The fourth-order valence-corrected chi connectivity index (χ4v) is 3.42. The number of hydrogen-bond acceptors (Lipinski definition) is 2. The molecule has 0 aromatic carbocycles. The molecule has 1 aromatic rings. The van der Waals surface area contributed by atoms with Gasteiger partial charge >= 0.3 is 0 Å². The summed E-state index contributed by atoms with van der Waals surface area (Å²) in [6, 6.07) is 1.86. The Morgan fingerprint density at radius 3 is 2.76 bits per heavy atom. The number of carbonyl (C=O) groups is 1. The Labute approximate surface area is 111 Å². The molecule has 1 aliphatic rings. The van der Waals surface area contributed by atoms with Crippen LogP contribution in [0.25, 0.3) is 0 Å². The van der Waals surface area contributed by atoms with Crippen LogP contribution in [0, 0.1) is 5.41 Å². The highest BCUT2D eigenvalue weighted by Gasteiger charge is 2.31. The average molecular weight is 272 g/mol. The predicted octanol–water partition coefficient (Wildman–Crippen LogP) is 3.67. The van der Waals surface area contributed by atoms with Crippen LogP contribution < -0.4 is 5.32 Å². The number of carbonyl (C=O) groups excluding carboxylic acids is 1. The summed E-state index contributed by atoms with van der Waals surface area (Å²) in [6.45, 7) is 0.713. The van der Waals surface area contributed by atoms with Gasteiger partial charge in [0, 0.05) is 28.8 Å². The molecule has 2 rings (SSSR count). The number of halogens is 1. The standard InChI is InChI=1S/C13H18ClNOS/c14-9-13(5-2-1-3-6-13)10-15-12(16)11-4-7-17-8-11/h4,7-8H,1-3,5-6,9-10H2,(H,15,16). The molecule has 0 atom stereocenters. The lowest BCUT2D eigenvalue weighted by Crippen LogP contribution is -2.40. The third kappa shape index (κ3) is 3.23. The first-order valence-electron chi connectivity index (χ1n) is 6.12. The highest BCUT2D eigenvalue weighted by molar-refractivity contribution is 7.08. The fourth-order valence-electron chi connectivity index (χ4n) is 2.42. The number of amides is 1. The molecule has 0 spiro atoms. The SMILES string of the molecule is O=C(NCC1(CCl)CCCCC1)c1ccsc1. The molecular weight excluding hydrogens is 254 g/mol. The van der Waals surface area contributed by atoms with Gasteiger partial charge in [-0.05, 0) is 24.3 Å². The number of thiophene rings is 1. The van der Waals surface area contributed by atoms with E-state index in [1.54, 1.807) is 11.3 Å². The molecule has 0 saturated heterocycles. The van der Waals surface area contributed by atoms with Crippen molar-refractivity contribution in [2.75, 3.05) is 12.4 Å². The van der Waals surface area contributed by atoms with Crippen LogP contribution in [0.5, 0.6) is 0 Å². The molecule has 1 aliphatic carbocycles. The van der Waals surface area contributed by atoms with E-state index in [9.17, 15) is 4.79 Å². The Hall–Kier alpha value is -0.540. The Bertz CT molecular complexity index is 358. The summed E-state index contributed by atoms with van der Waals surface area (Å²) in [6.07, 6.45) is 6.06. The van der Waals surface area contributed by atoms with Gasteiger partial charge in [0.25, 0.3) is 5.91 Å². The molecule has 2 nitrogen and oxygen atoms in total. The normalized spacial score (nSPS) is 18.9. The number of nitrogens with one attached hydrogen (secondary N) is 1.